The minimum absolute atomic E-state index is 0.0139. The largest absolute Gasteiger partial charge is 0.352 e. The van der Waals surface area contributed by atoms with Crippen LogP contribution >= 0.6 is 0 Å². The Morgan fingerprint density at radius 1 is 1.07 bits per heavy atom. The number of urea groups is 1. The zero-order valence-electron chi connectivity index (χ0n) is 17.3. The normalized spacial score (nSPS) is 26.8. The molecule has 0 spiro atoms. The number of nitrogens with zero attached hydrogens (tertiary/aromatic N) is 1. The molecule has 0 radical (unpaired) electrons. The first-order valence-electron chi connectivity index (χ1n) is 9.70. The third kappa shape index (κ3) is 4.04. The van der Waals surface area contributed by atoms with Crippen LogP contribution in [0.15, 0.2) is 30.3 Å². The molecule has 0 saturated carbocycles. The van der Waals surface area contributed by atoms with Gasteiger partial charge in [0.05, 0.1) is 0 Å². The van der Waals surface area contributed by atoms with Crippen LogP contribution in [0.1, 0.15) is 53.0 Å². The number of benzene rings is 1. The number of amides is 4. The number of imide groups is 1. The second kappa shape index (κ2) is 6.88. The summed E-state index contributed by atoms with van der Waals surface area (Å²) >= 11 is 0. The number of carbonyl (C=O) groups is 3. The highest BCUT2D eigenvalue weighted by Gasteiger charge is 2.49. The first-order valence-corrected chi connectivity index (χ1v) is 9.70. The third-order valence-electron chi connectivity index (χ3n) is 5.48. The number of piperidine rings is 1. The van der Waals surface area contributed by atoms with Crippen LogP contribution in [0.25, 0.3) is 0 Å². The number of carbonyl (C=O) groups excluding carboxylic acids is 3. The summed E-state index contributed by atoms with van der Waals surface area (Å²) in [5, 5.41) is 9.31. The van der Waals surface area contributed by atoms with Gasteiger partial charge in [0.25, 0.3) is 5.91 Å². The van der Waals surface area contributed by atoms with Gasteiger partial charge in [0.15, 0.2) is 0 Å². The summed E-state index contributed by atoms with van der Waals surface area (Å²) < 4.78 is 0. The Morgan fingerprint density at radius 2 is 1.64 bits per heavy atom. The van der Waals surface area contributed by atoms with Crippen molar-refractivity contribution in [1.82, 2.24) is 20.9 Å². The average molecular weight is 386 g/mol. The standard InChI is InChI=1S/C21H30N4O3/c1-19(2)11-15(12-20(3,4)24-19)22-16(26)13-25-17(27)21(5,23-18(25)28)14-9-7-6-8-10-14/h6-10,15,24H,11-13H2,1-5H3,(H,22,26)(H,23,28)/t21-/m1/s1. The van der Waals surface area contributed by atoms with Crippen molar-refractivity contribution < 1.29 is 14.4 Å². The van der Waals surface area contributed by atoms with Crippen LogP contribution in [0.4, 0.5) is 4.79 Å². The Balaban J connectivity index is 1.67. The van der Waals surface area contributed by atoms with E-state index >= 15 is 0 Å². The molecular weight excluding hydrogens is 356 g/mol. The van der Waals surface area contributed by atoms with Gasteiger partial charge in [0.1, 0.15) is 12.1 Å². The van der Waals surface area contributed by atoms with E-state index in [1.807, 2.05) is 18.2 Å². The van der Waals surface area contributed by atoms with E-state index in [1.165, 1.54) is 0 Å². The molecule has 28 heavy (non-hydrogen) atoms. The molecular formula is C21H30N4O3. The van der Waals surface area contributed by atoms with Crippen LogP contribution in [0, 0.1) is 0 Å². The molecule has 2 aliphatic heterocycles. The summed E-state index contributed by atoms with van der Waals surface area (Å²) in [5.74, 6) is -0.732. The predicted octanol–water partition coefficient (Wildman–Crippen LogP) is 1.88. The number of nitrogens with one attached hydrogen (secondary N) is 3. The van der Waals surface area contributed by atoms with E-state index in [9.17, 15) is 14.4 Å². The van der Waals surface area contributed by atoms with E-state index in [-0.39, 0.29) is 29.6 Å². The zero-order valence-corrected chi connectivity index (χ0v) is 17.3. The van der Waals surface area contributed by atoms with Gasteiger partial charge in [-0.05, 0) is 53.0 Å². The van der Waals surface area contributed by atoms with E-state index < -0.39 is 17.5 Å². The Morgan fingerprint density at radius 3 is 2.21 bits per heavy atom. The monoisotopic (exact) mass is 386 g/mol. The SMILES string of the molecule is CC1(C)CC(NC(=O)CN2C(=O)N[C@](C)(c3ccccc3)C2=O)CC(C)(C)N1. The van der Waals surface area contributed by atoms with Gasteiger partial charge in [0, 0.05) is 17.1 Å². The molecule has 0 bridgehead atoms. The maximum Gasteiger partial charge on any atom is 0.325 e. The molecule has 0 aliphatic carbocycles. The summed E-state index contributed by atoms with van der Waals surface area (Å²) in [6.45, 7) is 9.81. The topological polar surface area (TPSA) is 90.5 Å². The number of hydrogen-bond acceptors (Lipinski definition) is 4. The number of rotatable bonds is 4. The van der Waals surface area contributed by atoms with Crippen LogP contribution in [-0.4, -0.2) is 46.4 Å². The van der Waals surface area contributed by atoms with E-state index in [1.54, 1.807) is 19.1 Å². The third-order valence-corrected chi connectivity index (χ3v) is 5.48. The van der Waals surface area contributed by atoms with Gasteiger partial charge < -0.3 is 16.0 Å². The quantitative estimate of drug-likeness (QED) is 0.689. The fraction of sp³-hybridized carbons (Fsp3) is 0.571. The first kappa shape index (κ1) is 20.3. The molecule has 3 N–H and O–H groups in total. The van der Waals surface area contributed by atoms with Gasteiger partial charge in [-0.1, -0.05) is 30.3 Å². The van der Waals surface area contributed by atoms with Crippen LogP contribution in [0.5, 0.6) is 0 Å². The van der Waals surface area contributed by atoms with Gasteiger partial charge in [-0.2, -0.15) is 0 Å². The molecule has 7 nitrogen and oxygen atoms in total. The van der Waals surface area contributed by atoms with Gasteiger partial charge >= 0.3 is 6.03 Å². The molecule has 1 atom stereocenters. The average Bonchev–Trinajstić information content (AvgIpc) is 2.77. The molecule has 152 valence electrons. The van der Waals surface area contributed by atoms with Crippen molar-refractivity contribution in [2.45, 2.75) is 70.1 Å². The molecule has 1 aromatic carbocycles. The lowest BCUT2D eigenvalue weighted by Crippen LogP contribution is -2.62. The maximum atomic E-state index is 12.9. The summed E-state index contributed by atoms with van der Waals surface area (Å²) in [6.07, 6.45) is 1.56. The lowest BCUT2D eigenvalue weighted by Gasteiger charge is -2.46. The smallest absolute Gasteiger partial charge is 0.325 e. The Kier molecular flexibility index (Phi) is 5.00. The lowest BCUT2D eigenvalue weighted by molar-refractivity contribution is -0.135. The second-order valence-electron chi connectivity index (χ2n) is 9.38. The van der Waals surface area contributed by atoms with Gasteiger partial charge in [-0.25, -0.2) is 4.79 Å². The van der Waals surface area contributed by atoms with Gasteiger partial charge in [-0.15, -0.1) is 0 Å². The summed E-state index contributed by atoms with van der Waals surface area (Å²) in [7, 11) is 0. The van der Waals surface area contributed by atoms with E-state index in [2.05, 4.69) is 43.6 Å². The molecule has 3 rings (SSSR count). The molecule has 2 saturated heterocycles. The van der Waals surface area contributed by atoms with Crippen molar-refractivity contribution in [3.05, 3.63) is 35.9 Å². The highest BCUT2D eigenvalue weighted by Crippen LogP contribution is 2.30. The van der Waals surface area contributed by atoms with Crippen molar-refractivity contribution in [3.63, 3.8) is 0 Å². The minimum atomic E-state index is -1.16. The second-order valence-corrected chi connectivity index (χ2v) is 9.38. The fourth-order valence-corrected chi connectivity index (χ4v) is 4.65. The van der Waals surface area contributed by atoms with Gasteiger partial charge in [-0.3, -0.25) is 14.5 Å². The van der Waals surface area contributed by atoms with Crippen LogP contribution < -0.4 is 16.0 Å². The zero-order chi connectivity index (χ0) is 20.7. The van der Waals surface area contributed by atoms with Crippen molar-refractivity contribution in [1.29, 1.82) is 0 Å². The summed E-state index contributed by atoms with van der Waals surface area (Å²) in [4.78, 5) is 39.0. The van der Waals surface area contributed by atoms with Crippen molar-refractivity contribution in [2.24, 2.45) is 0 Å². The molecule has 4 amide bonds. The van der Waals surface area contributed by atoms with Crippen molar-refractivity contribution >= 4 is 17.8 Å². The molecule has 1 aromatic rings. The minimum Gasteiger partial charge on any atom is -0.352 e. The molecule has 7 heteroatoms. The van der Waals surface area contributed by atoms with Crippen LogP contribution in [0.2, 0.25) is 0 Å². The highest BCUT2D eigenvalue weighted by molar-refractivity contribution is 6.09. The van der Waals surface area contributed by atoms with E-state index in [0.717, 1.165) is 17.7 Å². The van der Waals surface area contributed by atoms with Crippen molar-refractivity contribution in [2.75, 3.05) is 6.54 Å². The number of hydrogen-bond donors (Lipinski definition) is 3. The molecule has 2 fully saturated rings. The van der Waals surface area contributed by atoms with Crippen LogP contribution in [-0.2, 0) is 15.1 Å². The predicted molar refractivity (Wildman–Crippen MR) is 106 cm³/mol. The Bertz CT molecular complexity index is 774. The first-order chi connectivity index (χ1) is 12.9. The van der Waals surface area contributed by atoms with Crippen molar-refractivity contribution in [3.8, 4) is 0 Å². The lowest BCUT2D eigenvalue weighted by atomic mass is 9.79. The molecule has 2 aliphatic rings. The van der Waals surface area contributed by atoms with Gasteiger partial charge in [0.2, 0.25) is 5.91 Å². The highest BCUT2D eigenvalue weighted by atomic mass is 16.2. The summed E-state index contributed by atoms with van der Waals surface area (Å²) in [5.41, 5.74) is -0.672. The van der Waals surface area contributed by atoms with E-state index in [4.69, 9.17) is 0 Å². The van der Waals surface area contributed by atoms with Crippen LogP contribution in [0.3, 0.4) is 0 Å². The molecule has 0 aromatic heterocycles. The fourth-order valence-electron chi connectivity index (χ4n) is 4.65. The Hall–Kier alpha value is -2.41. The molecule has 0 unspecified atom stereocenters. The maximum absolute atomic E-state index is 12.9. The summed E-state index contributed by atoms with van der Waals surface area (Å²) in [6, 6.07) is 8.51. The van der Waals surface area contributed by atoms with E-state index in [0.29, 0.717) is 5.56 Å². The molecule has 2 heterocycles. The Labute approximate surface area is 166 Å².